The van der Waals surface area contributed by atoms with Gasteiger partial charge in [-0.3, -0.25) is 47.7 Å². The van der Waals surface area contributed by atoms with Gasteiger partial charge >= 0.3 is 12.1 Å². The highest BCUT2D eigenvalue weighted by atomic mass is 31.0. The number of nitrogens with zero attached hydrogens (tertiary/aromatic N) is 4. The third-order valence-corrected chi connectivity index (χ3v) is 25.8. The Morgan fingerprint density at radius 2 is 1.09 bits per heavy atom. The van der Waals surface area contributed by atoms with Crippen LogP contribution in [0.25, 0.3) is 0 Å². The van der Waals surface area contributed by atoms with Crippen LogP contribution in [0.15, 0.2) is 250 Å². The van der Waals surface area contributed by atoms with Gasteiger partial charge in [0.25, 0.3) is 35.2 Å². The molecule has 6 amide bonds. The first kappa shape index (κ1) is 100. The largest absolute Gasteiger partial charge is 0.507 e. The van der Waals surface area contributed by atoms with Crippen molar-refractivity contribution in [3.05, 3.63) is 305 Å². The molecule has 7 aromatic rings. The molecule has 7 atom stereocenters. The fourth-order valence-corrected chi connectivity index (χ4v) is 14.8. The number of carbonyl (C=O) groups is 8. The Morgan fingerprint density at radius 3 is 1.60 bits per heavy atom. The zero-order valence-electron chi connectivity index (χ0n) is 70.0. The summed E-state index contributed by atoms with van der Waals surface area (Å²) >= 11 is 0. The van der Waals surface area contributed by atoms with Crippen molar-refractivity contribution in [2.75, 3.05) is 45.2 Å². The van der Waals surface area contributed by atoms with E-state index in [1.807, 2.05) is 95.8 Å². The molecule has 0 bridgehead atoms. The molecule has 7 aromatic carbocycles. The van der Waals surface area contributed by atoms with Crippen molar-refractivity contribution >= 4 is 102 Å². The minimum atomic E-state index is -4.79. The van der Waals surface area contributed by atoms with E-state index in [4.69, 9.17) is 5.11 Å². The standard InChI is InChI=1S/C18H30N2O2.C14H19NO2Si.C12H12NO2P.C11H9F3O.C11H9NO2.C9H9NO3.C9H8NO2P.2C4H6/c1-12(2)15(17(22)20(6)7)19-11-13-9-8-10-14(16(13)21)18(3,4)5;1-14(2,3)18(4,5)15-11-9-7-6-8-10(11)12(16)13(15)17;1-3-6-12(15)9-7-8(2)4-5-10(9)13(16)11(12)14;1-2-8-10(15,11(12,13)14)9-6-4-3-5-7-9;1-2-7-11(14)8-5-3-4-6-9(8)12-10(11)13;11-5-9(13)6-3-1-2-4-7(6)10-8(9)12;1-5-2-3-7-6(4-5)8(11)9(12)10(7)13;2*1-3-4-2/h8-10,12,15,19,21H,11H2,1-7H3;6-9H,1-5H3;4-7,15H,1,16H2,2H3;3-8,15H,1H2;3-7,14H,1H2,(H,12,13);1-4,11,13H,5H2,(H,10,12);2-4H,13H2,1H3;2*4H,1H2,2H3/t15-;;12-;10-;11-;9-;;;/m0.1011.../s1. The second-order valence-electron chi connectivity index (χ2n) is 30.6. The van der Waals surface area contributed by atoms with E-state index in [0.29, 0.717) is 68.9 Å². The maximum atomic E-state index is 12.6. The minimum Gasteiger partial charge on any atom is -0.507 e. The Kier molecular flexibility index (Phi) is 35.7. The number of phenols is 1. The molecular formula is C92H108F3N7O14P2Si. The van der Waals surface area contributed by atoms with Crippen LogP contribution in [-0.2, 0) is 63.1 Å². The van der Waals surface area contributed by atoms with E-state index in [2.05, 4.69) is 145 Å². The molecule has 2 unspecified atom stereocenters. The Balaban J connectivity index is 0.000000289. The van der Waals surface area contributed by atoms with Crippen molar-refractivity contribution in [2.24, 2.45) is 5.92 Å². The highest BCUT2D eigenvalue weighted by molar-refractivity contribution is 7.22. The number of likely N-dealkylation sites (N-methyl/N-ethyl adjacent to an activating group) is 1. The number of amides is 6. The van der Waals surface area contributed by atoms with Gasteiger partial charge in [-0.1, -0.05) is 228 Å². The number of aryl methyl sites for hydroxylation is 2. The average Bonchev–Trinajstić information content (AvgIpc) is 1.60. The molecule has 0 saturated heterocycles. The number of anilines is 5. The number of halogens is 3. The molecule has 0 spiro atoms. The van der Waals surface area contributed by atoms with Crippen molar-refractivity contribution < 1.29 is 82.2 Å². The van der Waals surface area contributed by atoms with Crippen molar-refractivity contribution in [1.29, 1.82) is 0 Å². The van der Waals surface area contributed by atoms with Crippen molar-refractivity contribution in [2.45, 2.75) is 148 Å². The first-order valence-electron chi connectivity index (χ1n) is 37.3. The molecule has 630 valence electrons. The zero-order chi connectivity index (χ0) is 90.3. The molecule has 0 fully saturated rings. The molecule has 5 heterocycles. The molecule has 0 radical (unpaired) electrons. The van der Waals surface area contributed by atoms with Crippen LogP contribution in [0.5, 0.6) is 5.75 Å². The second kappa shape index (κ2) is 42.4. The molecule has 5 aliphatic heterocycles. The Hall–Kier alpha value is -11.3. The van der Waals surface area contributed by atoms with E-state index in [-0.39, 0.29) is 45.6 Å². The third-order valence-electron chi connectivity index (χ3n) is 19.6. The van der Waals surface area contributed by atoms with E-state index in [9.17, 15) is 77.1 Å². The summed E-state index contributed by atoms with van der Waals surface area (Å²) in [5, 5.41) is 67.5. The van der Waals surface area contributed by atoms with Crippen LogP contribution in [0.4, 0.5) is 41.6 Å². The lowest BCUT2D eigenvalue weighted by Crippen LogP contribution is -2.57. The van der Waals surface area contributed by atoms with Gasteiger partial charge in [0, 0.05) is 78.2 Å². The predicted octanol–water partition coefficient (Wildman–Crippen LogP) is 15.5. The number of phenolic OH excluding ortho intramolecular Hbond substituents is 1. The summed E-state index contributed by atoms with van der Waals surface area (Å²) in [7, 11) is 6.00. The molecule has 21 nitrogen and oxygen atoms in total. The van der Waals surface area contributed by atoms with E-state index in [1.54, 1.807) is 121 Å². The second-order valence-corrected chi connectivity index (χ2v) is 36.7. The van der Waals surface area contributed by atoms with E-state index < -0.39 is 72.8 Å². The number of aromatic hydroxyl groups is 1. The summed E-state index contributed by atoms with van der Waals surface area (Å²) in [5.74, 6) is -2.51. The monoisotopic (exact) mass is 1680 g/mol. The number of hydrogen-bond acceptors (Lipinski definition) is 15. The number of hydrogen-bond donors (Lipinski definition) is 9. The number of carbonyl (C=O) groups excluding carboxylic acids is 8. The lowest BCUT2D eigenvalue weighted by molar-refractivity contribution is -0.245. The molecule has 0 aliphatic carbocycles. The molecular weight excluding hydrogens is 1570 g/mol. The van der Waals surface area contributed by atoms with E-state index >= 15 is 0 Å². The smallest absolute Gasteiger partial charge is 0.425 e. The number of aliphatic hydroxyl groups is 5. The molecule has 0 saturated carbocycles. The van der Waals surface area contributed by atoms with Gasteiger partial charge in [0.1, 0.15) is 5.75 Å². The lowest BCUT2D eigenvalue weighted by Gasteiger charge is -2.43. The fourth-order valence-electron chi connectivity index (χ4n) is 11.9. The molecule has 27 heteroatoms. The van der Waals surface area contributed by atoms with Gasteiger partial charge in [-0.15, -0.1) is 28.7 Å². The number of alkyl halides is 3. The topological polar surface area (TPSA) is 307 Å². The van der Waals surface area contributed by atoms with E-state index in [1.165, 1.54) is 45.8 Å². The molecule has 5 aliphatic rings. The van der Waals surface area contributed by atoms with Gasteiger partial charge in [-0.2, -0.15) is 13.2 Å². The molecule has 0 aromatic heterocycles. The van der Waals surface area contributed by atoms with Crippen LogP contribution in [0, 0.1) is 19.8 Å². The number of para-hydroxylation sites is 4. The summed E-state index contributed by atoms with van der Waals surface area (Å²) in [4.78, 5) is 95.4. The quantitative estimate of drug-likeness (QED) is 0.0252. The van der Waals surface area contributed by atoms with Gasteiger partial charge in [-0.25, -0.2) is 0 Å². The number of benzene rings is 7. The van der Waals surface area contributed by atoms with Gasteiger partial charge in [-0.05, 0) is 129 Å². The predicted molar refractivity (Wildman–Crippen MR) is 473 cm³/mol. The Morgan fingerprint density at radius 1 is 0.605 bits per heavy atom. The van der Waals surface area contributed by atoms with Crippen molar-refractivity contribution in [3.63, 3.8) is 0 Å². The maximum absolute atomic E-state index is 12.6. The van der Waals surface area contributed by atoms with Crippen molar-refractivity contribution in [3.8, 4) is 5.75 Å². The normalized spacial score (nSPS) is 17.4. The van der Waals surface area contributed by atoms with E-state index in [0.717, 1.165) is 27.9 Å². The number of aliphatic hydroxyl groups excluding tert-OH is 1. The summed E-state index contributed by atoms with van der Waals surface area (Å²) < 4.78 is 42.3. The maximum Gasteiger partial charge on any atom is 0.425 e. The molecule has 119 heavy (non-hydrogen) atoms. The van der Waals surface area contributed by atoms with Crippen LogP contribution >= 0.6 is 18.8 Å². The first-order valence-corrected chi connectivity index (χ1v) is 41.3. The van der Waals surface area contributed by atoms with Crippen LogP contribution in [0.2, 0.25) is 18.1 Å². The van der Waals surface area contributed by atoms with Crippen LogP contribution in [0.1, 0.15) is 134 Å². The number of allylic oxidation sites excluding steroid dienone is 2. The van der Waals surface area contributed by atoms with Gasteiger partial charge in [0.15, 0.2) is 25.0 Å². The average molecular weight is 1680 g/mol. The summed E-state index contributed by atoms with van der Waals surface area (Å²) in [6, 6.07) is 44.3. The fraction of sp³-hybridized carbons (Fsp3) is 0.293. The lowest BCUT2D eigenvalue weighted by atomic mass is 9.85. The number of rotatable bonds is 11. The summed E-state index contributed by atoms with van der Waals surface area (Å²) in [6.45, 7) is 44.8. The van der Waals surface area contributed by atoms with Crippen molar-refractivity contribution in [1.82, 2.24) is 10.2 Å². The number of ketones is 2. The van der Waals surface area contributed by atoms with Gasteiger partial charge in [0.2, 0.25) is 11.5 Å². The molecule has 12 rings (SSSR count). The summed E-state index contributed by atoms with van der Waals surface area (Å²) in [5.41, 5.74) is 13.3. The van der Waals surface area contributed by atoms with Gasteiger partial charge in [0.05, 0.1) is 35.2 Å². The third kappa shape index (κ3) is 23.4. The number of fused-ring (bicyclic) bond motifs is 5. The highest BCUT2D eigenvalue weighted by Crippen LogP contribution is 2.47. The minimum absolute atomic E-state index is 0.0143. The van der Waals surface area contributed by atoms with Crippen LogP contribution in [-0.4, -0.2) is 124 Å². The SMILES string of the molecule is C=C=CC.C=C=CC.C=C=C[C@](O)(c1ccccc1)C(F)(F)F.C=C=C[C@]1(O)C(=O)N(P)c2ccc(C)cc21.C=C=C[C@]1(O)C(=O)Nc2ccccc21.CC(C)(C)[Si](C)(C)N1C(=O)C(=O)c2ccccc21.CC(C)[C@H](NCc1cccc(C(C)(C)C)c1O)C(=O)N(C)C.Cc1ccc2c(c1)C(=O)C(=O)N2P.O=C1Nc2ccccc2[C@]1(O)CO. The van der Waals surface area contributed by atoms with Gasteiger partial charge < -0.3 is 56.1 Å². The molecule has 9 N–H and O–H groups in total. The Bertz CT molecular complexity index is 5150. The zero-order valence-corrected chi connectivity index (χ0v) is 73.3. The van der Waals surface area contributed by atoms with Crippen LogP contribution < -0.4 is 29.9 Å². The summed E-state index contributed by atoms with van der Waals surface area (Å²) in [6.07, 6.45) is 1.78. The number of Topliss-reactive ketones (excluding diaryl/α,β-unsaturated/α-hetero) is 2. The first-order chi connectivity index (χ1) is 55.4. The number of nitrogens with one attached hydrogen (secondary N) is 3. The van der Waals surface area contributed by atoms with Crippen LogP contribution in [0.3, 0.4) is 0 Å². The Labute approximate surface area is 701 Å². The highest BCUT2D eigenvalue weighted by Gasteiger charge is 2.54.